The summed E-state index contributed by atoms with van der Waals surface area (Å²) in [4.78, 5) is 9.73. The standard InChI is InChI=1S/C12H17FN2O3/c1-9(5-6-18-2)14-8-10-3-4-12(15(16)17)11(13)7-10/h3-4,7,9,14H,5-6,8H2,1-2H3. The number of methoxy groups -OCH3 is 1. The lowest BCUT2D eigenvalue weighted by Crippen LogP contribution is -2.26. The highest BCUT2D eigenvalue weighted by Gasteiger charge is 2.13. The van der Waals surface area contributed by atoms with Gasteiger partial charge in [-0.15, -0.1) is 0 Å². The first-order chi connectivity index (χ1) is 8.54. The molecule has 1 atom stereocenters. The third-order valence-corrected chi connectivity index (χ3v) is 2.62. The highest BCUT2D eigenvalue weighted by atomic mass is 19.1. The molecule has 0 fully saturated rings. The zero-order valence-corrected chi connectivity index (χ0v) is 10.5. The molecule has 0 aromatic heterocycles. The van der Waals surface area contributed by atoms with Crippen molar-refractivity contribution < 1.29 is 14.1 Å². The van der Waals surface area contributed by atoms with Crippen molar-refractivity contribution in [3.63, 3.8) is 0 Å². The summed E-state index contributed by atoms with van der Waals surface area (Å²) in [5, 5.41) is 13.6. The molecule has 0 saturated heterocycles. The van der Waals surface area contributed by atoms with E-state index in [1.54, 1.807) is 13.2 Å². The zero-order chi connectivity index (χ0) is 13.5. The molecule has 0 amide bonds. The molecule has 100 valence electrons. The van der Waals surface area contributed by atoms with E-state index in [1.165, 1.54) is 12.1 Å². The number of hydrogen-bond donors (Lipinski definition) is 1. The van der Waals surface area contributed by atoms with Crippen LogP contribution in [0.4, 0.5) is 10.1 Å². The summed E-state index contributed by atoms with van der Waals surface area (Å²) in [6, 6.07) is 4.17. The second-order valence-corrected chi connectivity index (χ2v) is 4.11. The predicted octanol–water partition coefficient (Wildman–Crippen LogP) is 2.25. The number of benzene rings is 1. The van der Waals surface area contributed by atoms with Crippen LogP contribution in [0.5, 0.6) is 0 Å². The Kier molecular flexibility index (Phi) is 5.67. The smallest absolute Gasteiger partial charge is 0.304 e. The summed E-state index contributed by atoms with van der Waals surface area (Å²) >= 11 is 0. The van der Waals surface area contributed by atoms with Crippen LogP contribution >= 0.6 is 0 Å². The van der Waals surface area contributed by atoms with E-state index >= 15 is 0 Å². The largest absolute Gasteiger partial charge is 0.385 e. The number of nitrogens with one attached hydrogen (secondary N) is 1. The van der Waals surface area contributed by atoms with Crippen LogP contribution in [0.25, 0.3) is 0 Å². The monoisotopic (exact) mass is 256 g/mol. The molecule has 5 nitrogen and oxygen atoms in total. The van der Waals surface area contributed by atoms with E-state index in [9.17, 15) is 14.5 Å². The van der Waals surface area contributed by atoms with Crippen LogP contribution in [-0.4, -0.2) is 24.7 Å². The molecule has 1 unspecified atom stereocenters. The minimum absolute atomic E-state index is 0.239. The number of rotatable bonds is 7. The molecule has 1 N–H and O–H groups in total. The quantitative estimate of drug-likeness (QED) is 0.600. The van der Waals surface area contributed by atoms with Gasteiger partial charge in [0, 0.05) is 32.4 Å². The highest BCUT2D eigenvalue weighted by molar-refractivity contribution is 5.34. The zero-order valence-electron chi connectivity index (χ0n) is 10.5. The third-order valence-electron chi connectivity index (χ3n) is 2.62. The van der Waals surface area contributed by atoms with Gasteiger partial charge in [-0.2, -0.15) is 4.39 Å². The first-order valence-electron chi connectivity index (χ1n) is 5.69. The minimum Gasteiger partial charge on any atom is -0.385 e. The van der Waals surface area contributed by atoms with Crippen LogP contribution < -0.4 is 5.32 Å². The van der Waals surface area contributed by atoms with Crippen molar-refractivity contribution in [2.75, 3.05) is 13.7 Å². The van der Waals surface area contributed by atoms with E-state index in [1.807, 2.05) is 6.92 Å². The van der Waals surface area contributed by atoms with Crippen molar-refractivity contribution >= 4 is 5.69 Å². The summed E-state index contributed by atoms with van der Waals surface area (Å²) in [7, 11) is 1.64. The molecule has 0 heterocycles. The lowest BCUT2D eigenvalue weighted by molar-refractivity contribution is -0.387. The summed E-state index contributed by atoms with van der Waals surface area (Å²) in [6.45, 7) is 3.13. The van der Waals surface area contributed by atoms with E-state index < -0.39 is 16.4 Å². The maximum Gasteiger partial charge on any atom is 0.304 e. The Balaban J connectivity index is 2.53. The molecule has 0 aliphatic heterocycles. The fourth-order valence-electron chi connectivity index (χ4n) is 1.50. The Morgan fingerprint density at radius 3 is 2.83 bits per heavy atom. The maximum atomic E-state index is 13.3. The predicted molar refractivity (Wildman–Crippen MR) is 65.8 cm³/mol. The number of nitro groups is 1. The molecule has 1 aromatic rings. The number of nitrogens with zero attached hydrogens (tertiary/aromatic N) is 1. The number of hydrogen-bond acceptors (Lipinski definition) is 4. The number of halogens is 1. The minimum atomic E-state index is -0.802. The highest BCUT2D eigenvalue weighted by Crippen LogP contribution is 2.17. The van der Waals surface area contributed by atoms with Crippen LogP contribution in [0.2, 0.25) is 0 Å². The summed E-state index contributed by atoms with van der Waals surface area (Å²) in [5.74, 6) is -0.802. The topological polar surface area (TPSA) is 64.4 Å². The molecule has 0 spiro atoms. The van der Waals surface area contributed by atoms with E-state index in [4.69, 9.17) is 4.74 Å². The fourth-order valence-corrected chi connectivity index (χ4v) is 1.50. The third kappa shape index (κ3) is 4.38. The molecule has 18 heavy (non-hydrogen) atoms. The fraction of sp³-hybridized carbons (Fsp3) is 0.500. The van der Waals surface area contributed by atoms with Crippen molar-refractivity contribution in [3.8, 4) is 0 Å². The van der Waals surface area contributed by atoms with Crippen molar-refractivity contribution in [3.05, 3.63) is 39.7 Å². The van der Waals surface area contributed by atoms with Gasteiger partial charge in [0.05, 0.1) is 4.92 Å². The van der Waals surface area contributed by atoms with E-state index in [-0.39, 0.29) is 6.04 Å². The van der Waals surface area contributed by atoms with Crippen LogP contribution in [0.1, 0.15) is 18.9 Å². The molecule has 0 aliphatic carbocycles. The van der Waals surface area contributed by atoms with Gasteiger partial charge in [0.25, 0.3) is 0 Å². The molecule has 0 aliphatic rings. The van der Waals surface area contributed by atoms with Gasteiger partial charge in [-0.3, -0.25) is 10.1 Å². The van der Waals surface area contributed by atoms with Gasteiger partial charge >= 0.3 is 5.69 Å². The van der Waals surface area contributed by atoms with Crippen LogP contribution in [0, 0.1) is 15.9 Å². The van der Waals surface area contributed by atoms with E-state index in [0.717, 1.165) is 6.42 Å². The van der Waals surface area contributed by atoms with Gasteiger partial charge in [0.15, 0.2) is 0 Å². The molecule has 0 radical (unpaired) electrons. The first kappa shape index (κ1) is 14.5. The average Bonchev–Trinajstić information content (AvgIpc) is 2.33. The van der Waals surface area contributed by atoms with Crippen LogP contribution in [0.15, 0.2) is 18.2 Å². The second kappa shape index (κ2) is 7.03. The van der Waals surface area contributed by atoms with Crippen LogP contribution in [-0.2, 0) is 11.3 Å². The van der Waals surface area contributed by atoms with Gasteiger partial charge in [0.2, 0.25) is 5.82 Å². The number of nitro benzene ring substituents is 1. The van der Waals surface area contributed by atoms with Crippen molar-refractivity contribution in [2.24, 2.45) is 0 Å². The SMILES string of the molecule is COCCC(C)NCc1ccc([N+](=O)[O-])c(F)c1. The lowest BCUT2D eigenvalue weighted by atomic mass is 10.1. The van der Waals surface area contributed by atoms with E-state index in [0.29, 0.717) is 18.7 Å². The summed E-state index contributed by atoms with van der Waals surface area (Å²) in [5.41, 5.74) is 0.188. The second-order valence-electron chi connectivity index (χ2n) is 4.11. The molecule has 1 rings (SSSR count). The van der Waals surface area contributed by atoms with Gasteiger partial charge < -0.3 is 10.1 Å². The molecule has 0 bridgehead atoms. The summed E-state index contributed by atoms with van der Waals surface area (Å²) in [6.07, 6.45) is 0.853. The Morgan fingerprint density at radius 1 is 1.56 bits per heavy atom. The maximum absolute atomic E-state index is 13.3. The van der Waals surface area contributed by atoms with Crippen molar-refractivity contribution in [1.29, 1.82) is 0 Å². The molecular formula is C12H17FN2O3. The average molecular weight is 256 g/mol. The molecular weight excluding hydrogens is 239 g/mol. The molecule has 6 heteroatoms. The Hall–Kier alpha value is -1.53. The van der Waals surface area contributed by atoms with Gasteiger partial charge in [-0.1, -0.05) is 6.07 Å². The van der Waals surface area contributed by atoms with Crippen molar-refractivity contribution in [1.82, 2.24) is 5.32 Å². The molecule has 1 aromatic carbocycles. The first-order valence-corrected chi connectivity index (χ1v) is 5.69. The van der Waals surface area contributed by atoms with Crippen molar-refractivity contribution in [2.45, 2.75) is 25.9 Å². The van der Waals surface area contributed by atoms with Gasteiger partial charge in [0.1, 0.15) is 0 Å². The Morgan fingerprint density at radius 2 is 2.28 bits per heavy atom. The molecule has 0 saturated carbocycles. The number of ether oxygens (including phenoxy) is 1. The normalized spacial score (nSPS) is 12.4. The Bertz CT molecular complexity index is 412. The Labute approximate surface area is 105 Å². The van der Waals surface area contributed by atoms with E-state index in [2.05, 4.69) is 5.32 Å². The lowest BCUT2D eigenvalue weighted by Gasteiger charge is -2.13. The van der Waals surface area contributed by atoms with Crippen LogP contribution in [0.3, 0.4) is 0 Å². The van der Waals surface area contributed by atoms with Gasteiger partial charge in [-0.25, -0.2) is 0 Å². The van der Waals surface area contributed by atoms with Gasteiger partial charge in [-0.05, 0) is 25.0 Å². The summed E-state index contributed by atoms with van der Waals surface area (Å²) < 4.78 is 18.3.